The lowest BCUT2D eigenvalue weighted by atomic mass is 10.1. The number of carbonyl (C=O) groups is 1. The minimum absolute atomic E-state index is 0.0569. The highest BCUT2D eigenvalue weighted by Crippen LogP contribution is 2.23. The average molecular weight is 376 g/mol. The first-order chi connectivity index (χ1) is 13.1. The molecule has 0 aliphatic rings. The Morgan fingerprint density at radius 1 is 1.04 bits per heavy atom. The lowest BCUT2D eigenvalue weighted by Gasteiger charge is -2.14. The van der Waals surface area contributed by atoms with E-state index < -0.39 is 0 Å². The summed E-state index contributed by atoms with van der Waals surface area (Å²) in [6.45, 7) is 1.97. The zero-order valence-electron chi connectivity index (χ0n) is 14.7. The molecular formula is C22H18ClN3O. The van der Waals surface area contributed by atoms with Crippen molar-refractivity contribution in [3.63, 3.8) is 0 Å². The molecule has 5 heteroatoms. The monoisotopic (exact) mass is 375 g/mol. The molecule has 4 nitrogen and oxygen atoms in total. The van der Waals surface area contributed by atoms with Gasteiger partial charge in [-0.2, -0.15) is 0 Å². The third-order valence-electron chi connectivity index (χ3n) is 4.51. The highest BCUT2D eigenvalue weighted by Gasteiger charge is 2.12. The molecule has 2 N–H and O–H groups in total. The summed E-state index contributed by atoms with van der Waals surface area (Å²) in [7, 11) is 0. The largest absolute Gasteiger partial charge is 0.346 e. The van der Waals surface area contributed by atoms with E-state index in [-0.39, 0.29) is 11.9 Å². The van der Waals surface area contributed by atoms with Gasteiger partial charge in [0.05, 0.1) is 17.1 Å². The Morgan fingerprint density at radius 2 is 1.78 bits per heavy atom. The molecule has 1 amide bonds. The number of hydrogen-bond acceptors (Lipinski definition) is 2. The van der Waals surface area contributed by atoms with Crippen LogP contribution in [0.5, 0.6) is 0 Å². The van der Waals surface area contributed by atoms with Gasteiger partial charge in [-0.1, -0.05) is 54.1 Å². The maximum atomic E-state index is 12.5. The van der Waals surface area contributed by atoms with Crippen LogP contribution in [0.15, 0.2) is 72.8 Å². The van der Waals surface area contributed by atoms with Crippen LogP contribution in [0.2, 0.25) is 5.02 Å². The summed E-state index contributed by atoms with van der Waals surface area (Å²) < 4.78 is 0. The summed E-state index contributed by atoms with van der Waals surface area (Å²) in [6, 6.07) is 22.8. The van der Waals surface area contributed by atoms with Crippen molar-refractivity contribution in [1.29, 1.82) is 0 Å². The summed E-state index contributed by atoms with van der Waals surface area (Å²) in [5.74, 6) is 0.645. The number of rotatable bonds is 4. The molecule has 0 spiro atoms. The Labute approximate surface area is 162 Å². The first-order valence-electron chi connectivity index (χ1n) is 8.72. The number of H-pyrrole nitrogens is 1. The highest BCUT2D eigenvalue weighted by atomic mass is 35.5. The Morgan fingerprint density at radius 3 is 2.52 bits per heavy atom. The predicted octanol–water partition coefficient (Wildman–Crippen LogP) is 5.37. The molecule has 0 radical (unpaired) electrons. The minimum Gasteiger partial charge on any atom is -0.346 e. The smallest absolute Gasteiger partial charge is 0.251 e. The van der Waals surface area contributed by atoms with Crippen molar-refractivity contribution >= 4 is 28.5 Å². The third-order valence-corrected chi connectivity index (χ3v) is 4.75. The van der Waals surface area contributed by atoms with Crippen LogP contribution in [0, 0.1) is 0 Å². The molecule has 1 heterocycles. The van der Waals surface area contributed by atoms with Crippen LogP contribution in [0.3, 0.4) is 0 Å². The van der Waals surface area contributed by atoms with Crippen molar-refractivity contribution in [2.24, 2.45) is 0 Å². The molecule has 0 saturated carbocycles. The zero-order chi connectivity index (χ0) is 18.8. The fourth-order valence-electron chi connectivity index (χ4n) is 3.00. The lowest BCUT2D eigenvalue weighted by Crippen LogP contribution is -2.26. The molecule has 0 saturated heterocycles. The molecule has 3 aromatic carbocycles. The van der Waals surface area contributed by atoms with Gasteiger partial charge in [-0.15, -0.1) is 0 Å². The van der Waals surface area contributed by atoms with Crippen LogP contribution in [-0.2, 0) is 0 Å². The molecule has 4 rings (SSSR count). The van der Waals surface area contributed by atoms with Crippen molar-refractivity contribution < 1.29 is 4.79 Å². The maximum absolute atomic E-state index is 12.5. The fraction of sp³-hybridized carbons (Fsp3) is 0.0909. The second-order valence-electron chi connectivity index (χ2n) is 6.43. The van der Waals surface area contributed by atoms with Crippen LogP contribution < -0.4 is 5.32 Å². The average Bonchev–Trinajstić information content (AvgIpc) is 3.12. The van der Waals surface area contributed by atoms with Crippen molar-refractivity contribution in [1.82, 2.24) is 15.3 Å². The van der Waals surface area contributed by atoms with E-state index in [1.165, 1.54) is 0 Å². The molecule has 1 atom stereocenters. The minimum atomic E-state index is -0.103. The molecule has 4 aromatic rings. The molecule has 134 valence electrons. The van der Waals surface area contributed by atoms with Crippen LogP contribution in [0.1, 0.15) is 28.9 Å². The predicted molar refractivity (Wildman–Crippen MR) is 109 cm³/mol. The van der Waals surface area contributed by atoms with Crippen LogP contribution >= 0.6 is 11.6 Å². The molecule has 0 bridgehead atoms. The topological polar surface area (TPSA) is 57.8 Å². The second kappa shape index (κ2) is 7.25. The first kappa shape index (κ1) is 17.3. The van der Waals surface area contributed by atoms with E-state index in [2.05, 4.69) is 15.3 Å². The van der Waals surface area contributed by atoms with Gasteiger partial charge in [0, 0.05) is 16.1 Å². The van der Waals surface area contributed by atoms with Crippen molar-refractivity contribution in [2.45, 2.75) is 13.0 Å². The van der Waals surface area contributed by atoms with E-state index in [9.17, 15) is 4.79 Å². The number of nitrogens with zero attached hydrogens (tertiary/aromatic N) is 1. The van der Waals surface area contributed by atoms with E-state index in [0.29, 0.717) is 10.6 Å². The lowest BCUT2D eigenvalue weighted by molar-refractivity contribution is 0.0940. The number of carbonyl (C=O) groups excluding carboxylic acids is 1. The molecule has 27 heavy (non-hydrogen) atoms. The normalized spacial score (nSPS) is 12.1. The zero-order valence-corrected chi connectivity index (χ0v) is 15.5. The second-order valence-corrected chi connectivity index (χ2v) is 6.87. The number of amides is 1. The Kier molecular flexibility index (Phi) is 4.65. The number of nitrogens with one attached hydrogen (secondary N) is 2. The number of imidazole rings is 1. The number of aromatic amines is 1. The first-order valence-corrected chi connectivity index (χ1v) is 9.09. The standard InChI is InChI=1S/C22H18ClN3O/c1-14(15-5-3-2-4-6-15)24-22(27)17-9-7-16(8-10-17)21-25-19-12-11-18(23)13-20(19)26-21/h2-14H,1H3,(H,24,27)(H,25,26)/t14-/m1/s1. The summed E-state index contributed by atoms with van der Waals surface area (Å²) >= 11 is 6.02. The number of fused-ring (bicyclic) bond motifs is 1. The molecule has 1 aromatic heterocycles. The molecule has 0 aliphatic heterocycles. The Balaban J connectivity index is 1.51. The molecule has 0 unspecified atom stereocenters. The van der Waals surface area contributed by atoms with Gasteiger partial charge in [-0.05, 0) is 42.8 Å². The summed E-state index contributed by atoms with van der Waals surface area (Å²) in [5.41, 5.74) is 4.34. The Hall–Kier alpha value is -3.11. The maximum Gasteiger partial charge on any atom is 0.251 e. The van der Waals surface area contributed by atoms with Gasteiger partial charge in [0.1, 0.15) is 5.82 Å². The number of aromatic nitrogens is 2. The van der Waals surface area contributed by atoms with Gasteiger partial charge >= 0.3 is 0 Å². The number of benzene rings is 3. The van der Waals surface area contributed by atoms with Crippen LogP contribution in [0.4, 0.5) is 0 Å². The van der Waals surface area contributed by atoms with Gasteiger partial charge in [0.15, 0.2) is 0 Å². The van der Waals surface area contributed by atoms with E-state index in [1.807, 2.05) is 79.7 Å². The Bertz CT molecular complexity index is 1090. The van der Waals surface area contributed by atoms with Crippen molar-refractivity contribution in [2.75, 3.05) is 0 Å². The quantitative estimate of drug-likeness (QED) is 0.503. The SMILES string of the molecule is C[C@@H](NC(=O)c1ccc(-c2nc3ccc(Cl)cc3[nH]2)cc1)c1ccccc1. The van der Waals surface area contributed by atoms with Gasteiger partial charge in [0.2, 0.25) is 0 Å². The van der Waals surface area contributed by atoms with Gasteiger partial charge in [0.25, 0.3) is 5.91 Å². The van der Waals surface area contributed by atoms with Gasteiger partial charge < -0.3 is 10.3 Å². The van der Waals surface area contributed by atoms with Gasteiger partial charge in [-0.3, -0.25) is 4.79 Å². The third kappa shape index (κ3) is 3.71. The van der Waals surface area contributed by atoms with Crippen molar-refractivity contribution in [3.8, 4) is 11.4 Å². The molecule has 0 fully saturated rings. The van der Waals surface area contributed by atoms with E-state index >= 15 is 0 Å². The van der Waals surface area contributed by atoms with Crippen LogP contribution in [0.25, 0.3) is 22.4 Å². The summed E-state index contributed by atoms with van der Waals surface area (Å²) in [6.07, 6.45) is 0. The fourth-order valence-corrected chi connectivity index (χ4v) is 3.18. The summed E-state index contributed by atoms with van der Waals surface area (Å²) in [4.78, 5) is 20.3. The highest BCUT2D eigenvalue weighted by molar-refractivity contribution is 6.31. The van der Waals surface area contributed by atoms with E-state index in [1.54, 1.807) is 0 Å². The van der Waals surface area contributed by atoms with E-state index in [0.717, 1.165) is 28.0 Å². The number of hydrogen-bond donors (Lipinski definition) is 2. The van der Waals surface area contributed by atoms with Gasteiger partial charge in [-0.25, -0.2) is 4.98 Å². The summed E-state index contributed by atoms with van der Waals surface area (Å²) in [5, 5.41) is 3.69. The van der Waals surface area contributed by atoms with Crippen LogP contribution in [-0.4, -0.2) is 15.9 Å². The van der Waals surface area contributed by atoms with Crippen molar-refractivity contribution in [3.05, 3.63) is 88.9 Å². The van der Waals surface area contributed by atoms with E-state index in [4.69, 9.17) is 11.6 Å². The molecular weight excluding hydrogens is 358 g/mol. The number of halogens is 1. The molecule has 0 aliphatic carbocycles.